The molecule has 0 aliphatic carbocycles. The third-order valence-electron chi connectivity index (χ3n) is 5.44. The SMILES string of the molecule is CC(C)=Cc1cnc(N2CCC(n3c(=O)c(=O)n(C)c4ccccc43)CC2)nc1. The summed E-state index contributed by atoms with van der Waals surface area (Å²) in [5, 5.41) is 0. The molecule has 0 bridgehead atoms. The van der Waals surface area contributed by atoms with Crippen molar-refractivity contribution >= 4 is 23.1 Å². The van der Waals surface area contributed by atoms with E-state index in [2.05, 4.69) is 14.9 Å². The number of anilines is 1. The Kier molecular flexibility index (Phi) is 5.05. The van der Waals surface area contributed by atoms with Crippen LogP contribution in [-0.2, 0) is 7.05 Å². The molecule has 1 saturated heterocycles. The van der Waals surface area contributed by atoms with E-state index in [0.29, 0.717) is 5.95 Å². The summed E-state index contributed by atoms with van der Waals surface area (Å²) < 4.78 is 3.12. The molecule has 0 radical (unpaired) electrons. The van der Waals surface area contributed by atoms with Gasteiger partial charge in [0.2, 0.25) is 5.95 Å². The predicted octanol–water partition coefficient (Wildman–Crippen LogP) is 2.75. The second kappa shape index (κ2) is 7.66. The van der Waals surface area contributed by atoms with Gasteiger partial charge in [-0.1, -0.05) is 23.8 Å². The van der Waals surface area contributed by atoms with Crippen molar-refractivity contribution in [1.29, 1.82) is 0 Å². The highest BCUT2D eigenvalue weighted by molar-refractivity contribution is 5.75. The van der Waals surface area contributed by atoms with Crippen molar-refractivity contribution in [3.05, 3.63) is 68.5 Å². The van der Waals surface area contributed by atoms with Crippen LogP contribution in [0.2, 0.25) is 0 Å². The third-order valence-corrected chi connectivity index (χ3v) is 5.44. The first-order valence-corrected chi connectivity index (χ1v) is 9.88. The normalized spacial score (nSPS) is 14.9. The molecule has 4 rings (SSSR count). The fourth-order valence-corrected chi connectivity index (χ4v) is 4.01. The largest absolute Gasteiger partial charge is 0.341 e. The van der Waals surface area contributed by atoms with Gasteiger partial charge >= 0.3 is 11.1 Å². The molecule has 150 valence electrons. The highest BCUT2D eigenvalue weighted by Gasteiger charge is 2.25. The first-order chi connectivity index (χ1) is 14.0. The van der Waals surface area contributed by atoms with Crippen LogP contribution in [0.1, 0.15) is 38.3 Å². The van der Waals surface area contributed by atoms with Gasteiger partial charge in [0, 0.05) is 44.1 Å². The number of fused-ring (bicyclic) bond motifs is 1. The number of hydrogen-bond acceptors (Lipinski definition) is 5. The van der Waals surface area contributed by atoms with Gasteiger partial charge in [-0.15, -0.1) is 0 Å². The summed E-state index contributed by atoms with van der Waals surface area (Å²) in [6.45, 7) is 5.56. The van der Waals surface area contributed by atoms with Gasteiger partial charge in [-0.2, -0.15) is 0 Å². The zero-order chi connectivity index (χ0) is 20.5. The lowest BCUT2D eigenvalue weighted by molar-refractivity contribution is 0.391. The molecule has 0 spiro atoms. The van der Waals surface area contributed by atoms with Crippen molar-refractivity contribution in [2.45, 2.75) is 32.7 Å². The van der Waals surface area contributed by atoms with Crippen molar-refractivity contribution in [2.24, 2.45) is 7.05 Å². The second-order valence-electron chi connectivity index (χ2n) is 7.78. The van der Waals surface area contributed by atoms with Gasteiger partial charge < -0.3 is 9.47 Å². The van der Waals surface area contributed by atoms with Crippen LogP contribution in [0.25, 0.3) is 17.1 Å². The quantitative estimate of drug-likeness (QED) is 0.642. The molecule has 1 aromatic carbocycles. The van der Waals surface area contributed by atoms with E-state index >= 15 is 0 Å². The van der Waals surface area contributed by atoms with Crippen molar-refractivity contribution in [3.63, 3.8) is 0 Å². The molecule has 3 heterocycles. The molecule has 29 heavy (non-hydrogen) atoms. The van der Waals surface area contributed by atoms with E-state index in [1.807, 2.05) is 56.6 Å². The maximum absolute atomic E-state index is 12.8. The maximum atomic E-state index is 12.8. The number of allylic oxidation sites excluding steroid dienone is 1. The summed E-state index contributed by atoms with van der Waals surface area (Å²) >= 11 is 0. The molecular weight excluding hydrogens is 366 g/mol. The lowest BCUT2D eigenvalue weighted by Crippen LogP contribution is -2.45. The third kappa shape index (κ3) is 3.60. The van der Waals surface area contributed by atoms with Crippen LogP contribution in [0, 0.1) is 0 Å². The molecule has 2 aromatic heterocycles. The zero-order valence-corrected chi connectivity index (χ0v) is 17.0. The lowest BCUT2D eigenvalue weighted by Gasteiger charge is -2.33. The van der Waals surface area contributed by atoms with E-state index in [-0.39, 0.29) is 6.04 Å². The minimum Gasteiger partial charge on any atom is -0.341 e. The monoisotopic (exact) mass is 391 g/mol. The Morgan fingerprint density at radius 1 is 1.00 bits per heavy atom. The topological polar surface area (TPSA) is 73.0 Å². The van der Waals surface area contributed by atoms with Gasteiger partial charge in [0.1, 0.15) is 0 Å². The van der Waals surface area contributed by atoms with Crippen LogP contribution in [0.3, 0.4) is 0 Å². The summed E-state index contributed by atoms with van der Waals surface area (Å²) in [6, 6.07) is 7.56. The minimum atomic E-state index is -0.482. The molecule has 0 atom stereocenters. The van der Waals surface area contributed by atoms with Gasteiger partial charge in [-0.3, -0.25) is 14.2 Å². The molecule has 0 unspecified atom stereocenters. The Labute approximate surface area is 169 Å². The first-order valence-electron chi connectivity index (χ1n) is 9.88. The average Bonchev–Trinajstić information content (AvgIpc) is 2.73. The van der Waals surface area contributed by atoms with Crippen LogP contribution >= 0.6 is 0 Å². The van der Waals surface area contributed by atoms with E-state index in [4.69, 9.17) is 0 Å². The van der Waals surface area contributed by atoms with Gasteiger partial charge in [0.15, 0.2) is 0 Å². The number of para-hydroxylation sites is 2. The molecule has 1 fully saturated rings. The van der Waals surface area contributed by atoms with Gasteiger partial charge in [-0.05, 0) is 38.8 Å². The van der Waals surface area contributed by atoms with Crippen LogP contribution in [0.15, 0.2) is 51.8 Å². The Balaban J connectivity index is 1.59. The number of aromatic nitrogens is 4. The molecule has 1 aliphatic rings. The van der Waals surface area contributed by atoms with Crippen LogP contribution in [0.5, 0.6) is 0 Å². The number of hydrogen-bond donors (Lipinski definition) is 0. The summed E-state index contributed by atoms with van der Waals surface area (Å²) in [5.41, 5.74) is 2.84. The fraction of sp³-hybridized carbons (Fsp3) is 0.364. The number of nitrogens with zero attached hydrogens (tertiary/aromatic N) is 5. The summed E-state index contributed by atoms with van der Waals surface area (Å²) in [5.74, 6) is 0.704. The number of benzene rings is 1. The lowest BCUT2D eigenvalue weighted by atomic mass is 10.0. The van der Waals surface area contributed by atoms with Crippen LogP contribution in [-0.4, -0.2) is 32.2 Å². The Bertz CT molecular complexity index is 1180. The molecule has 1 aliphatic heterocycles. The second-order valence-corrected chi connectivity index (χ2v) is 7.78. The molecule has 7 nitrogen and oxygen atoms in total. The molecule has 7 heteroatoms. The summed E-state index contributed by atoms with van der Waals surface area (Å²) in [4.78, 5) is 36.3. The van der Waals surface area contributed by atoms with Gasteiger partial charge in [0.05, 0.1) is 11.0 Å². The first kappa shape index (κ1) is 19.1. The molecular formula is C22H25N5O2. The Morgan fingerprint density at radius 2 is 1.62 bits per heavy atom. The Morgan fingerprint density at radius 3 is 2.24 bits per heavy atom. The molecule has 0 N–H and O–H groups in total. The molecule has 0 amide bonds. The highest BCUT2D eigenvalue weighted by Crippen LogP contribution is 2.26. The minimum absolute atomic E-state index is 0.0116. The number of piperidine rings is 1. The van der Waals surface area contributed by atoms with E-state index in [9.17, 15) is 9.59 Å². The maximum Gasteiger partial charge on any atom is 0.317 e. The molecule has 0 saturated carbocycles. The summed E-state index contributed by atoms with van der Waals surface area (Å²) in [6.07, 6.45) is 7.23. The van der Waals surface area contributed by atoms with E-state index in [1.54, 1.807) is 11.6 Å². The van der Waals surface area contributed by atoms with E-state index in [0.717, 1.165) is 42.5 Å². The standard InChI is InChI=1S/C22H25N5O2/c1-15(2)12-16-13-23-22(24-14-16)26-10-8-17(9-11-26)27-19-7-5-4-6-18(19)25(3)20(28)21(27)29/h4-7,12-14,17H,8-11H2,1-3H3. The van der Waals surface area contributed by atoms with Gasteiger partial charge in [0.25, 0.3) is 0 Å². The Hall–Kier alpha value is -3.22. The van der Waals surface area contributed by atoms with Crippen molar-refractivity contribution < 1.29 is 0 Å². The predicted molar refractivity (Wildman–Crippen MR) is 115 cm³/mol. The van der Waals surface area contributed by atoms with E-state index in [1.165, 1.54) is 10.1 Å². The number of rotatable bonds is 3. The van der Waals surface area contributed by atoms with Crippen LogP contribution < -0.4 is 16.0 Å². The van der Waals surface area contributed by atoms with Crippen molar-refractivity contribution in [1.82, 2.24) is 19.1 Å². The smallest absolute Gasteiger partial charge is 0.317 e. The van der Waals surface area contributed by atoms with Gasteiger partial charge in [-0.25, -0.2) is 9.97 Å². The summed E-state index contributed by atoms with van der Waals surface area (Å²) in [7, 11) is 1.65. The zero-order valence-electron chi connectivity index (χ0n) is 17.0. The molecule has 3 aromatic rings. The van der Waals surface area contributed by atoms with Crippen molar-refractivity contribution in [2.75, 3.05) is 18.0 Å². The highest BCUT2D eigenvalue weighted by atomic mass is 16.2. The van der Waals surface area contributed by atoms with Crippen molar-refractivity contribution in [3.8, 4) is 0 Å². The van der Waals surface area contributed by atoms with Crippen LogP contribution in [0.4, 0.5) is 5.95 Å². The average molecular weight is 391 g/mol. The fourth-order valence-electron chi connectivity index (χ4n) is 4.01. The number of aryl methyl sites for hydroxylation is 1. The van der Waals surface area contributed by atoms with E-state index < -0.39 is 11.1 Å².